The highest BCUT2D eigenvalue weighted by Crippen LogP contribution is 2.28. The Morgan fingerprint density at radius 1 is 1.03 bits per heavy atom. The van der Waals surface area contributed by atoms with Gasteiger partial charge in [-0.1, -0.05) is 28.9 Å². The molecule has 2 heterocycles. The molecule has 0 atom stereocenters. The minimum Gasteiger partial charge on any atom is -0.492 e. The van der Waals surface area contributed by atoms with E-state index in [4.69, 9.17) is 20.9 Å². The number of aromatic nitrogens is 1. The highest BCUT2D eigenvalue weighted by molar-refractivity contribution is 7.89. The van der Waals surface area contributed by atoms with Crippen LogP contribution in [0.5, 0.6) is 5.75 Å². The van der Waals surface area contributed by atoms with Gasteiger partial charge in [0, 0.05) is 49.4 Å². The second kappa shape index (κ2) is 9.62. The number of benzene rings is 2. The summed E-state index contributed by atoms with van der Waals surface area (Å²) in [5.41, 5.74) is 2.16. The number of halogens is 1. The molecule has 9 heteroatoms. The van der Waals surface area contributed by atoms with E-state index >= 15 is 0 Å². The second-order valence-electron chi connectivity index (χ2n) is 7.86. The van der Waals surface area contributed by atoms with Gasteiger partial charge in [0.25, 0.3) is 0 Å². The van der Waals surface area contributed by atoms with Crippen LogP contribution >= 0.6 is 11.6 Å². The van der Waals surface area contributed by atoms with Crippen molar-refractivity contribution in [2.45, 2.75) is 18.7 Å². The number of sulfonamides is 1. The lowest BCUT2D eigenvalue weighted by molar-refractivity contribution is 0.159. The zero-order valence-corrected chi connectivity index (χ0v) is 19.7. The molecule has 4 rings (SSSR count). The molecular weight excluding hydrogens is 450 g/mol. The van der Waals surface area contributed by atoms with E-state index in [9.17, 15) is 8.42 Å². The van der Waals surface area contributed by atoms with Crippen molar-refractivity contribution in [2.24, 2.45) is 0 Å². The number of piperazine rings is 1. The Morgan fingerprint density at radius 2 is 1.75 bits per heavy atom. The van der Waals surface area contributed by atoms with Crippen molar-refractivity contribution in [1.82, 2.24) is 14.4 Å². The van der Waals surface area contributed by atoms with E-state index in [1.54, 1.807) is 28.6 Å². The van der Waals surface area contributed by atoms with Crippen LogP contribution in [0.15, 0.2) is 57.9 Å². The number of nitrogens with zero attached hydrogens (tertiary/aromatic N) is 3. The van der Waals surface area contributed by atoms with Gasteiger partial charge in [-0.25, -0.2) is 8.42 Å². The fourth-order valence-corrected chi connectivity index (χ4v) is 5.49. The summed E-state index contributed by atoms with van der Waals surface area (Å²) < 4.78 is 39.3. The molecule has 0 aliphatic carbocycles. The number of hydrogen-bond acceptors (Lipinski definition) is 6. The third-order valence-electron chi connectivity index (χ3n) is 5.54. The molecular formula is C23H26ClN3O4S. The fraction of sp³-hybridized carbons (Fsp3) is 0.348. The smallest absolute Gasteiger partial charge is 0.243 e. The van der Waals surface area contributed by atoms with Gasteiger partial charge in [-0.3, -0.25) is 4.90 Å². The molecule has 7 nitrogen and oxygen atoms in total. The van der Waals surface area contributed by atoms with Crippen LogP contribution in [0.25, 0.3) is 11.3 Å². The Hall–Kier alpha value is -2.39. The lowest BCUT2D eigenvalue weighted by Crippen LogP contribution is -2.49. The Morgan fingerprint density at radius 3 is 2.41 bits per heavy atom. The summed E-state index contributed by atoms with van der Waals surface area (Å²) >= 11 is 5.89. The van der Waals surface area contributed by atoms with Crippen molar-refractivity contribution < 1.29 is 17.7 Å². The molecule has 1 fully saturated rings. The number of aryl methyl sites for hydroxylation is 2. The van der Waals surface area contributed by atoms with Crippen LogP contribution in [0.1, 0.15) is 11.3 Å². The van der Waals surface area contributed by atoms with Gasteiger partial charge in [0.05, 0.1) is 10.6 Å². The maximum absolute atomic E-state index is 13.4. The van der Waals surface area contributed by atoms with Gasteiger partial charge >= 0.3 is 0 Å². The monoisotopic (exact) mass is 475 g/mol. The van der Waals surface area contributed by atoms with Crippen molar-refractivity contribution >= 4 is 21.6 Å². The maximum atomic E-state index is 13.4. The normalized spacial score (nSPS) is 15.7. The first-order valence-corrected chi connectivity index (χ1v) is 12.3. The number of ether oxygens (including phenoxy) is 1. The fourth-order valence-electron chi connectivity index (χ4n) is 3.69. The molecule has 0 N–H and O–H groups in total. The first kappa shape index (κ1) is 22.8. The van der Waals surface area contributed by atoms with Crippen LogP contribution in [0.2, 0.25) is 5.02 Å². The predicted molar refractivity (Wildman–Crippen MR) is 124 cm³/mol. The summed E-state index contributed by atoms with van der Waals surface area (Å²) in [5.74, 6) is 1.33. The average molecular weight is 476 g/mol. The van der Waals surface area contributed by atoms with Gasteiger partial charge in [-0.05, 0) is 49.7 Å². The molecule has 1 aromatic heterocycles. The average Bonchev–Trinajstić information content (AvgIpc) is 3.22. The van der Waals surface area contributed by atoms with Crippen molar-refractivity contribution in [2.75, 3.05) is 39.3 Å². The van der Waals surface area contributed by atoms with Gasteiger partial charge in [-0.15, -0.1) is 0 Å². The third-order valence-corrected chi connectivity index (χ3v) is 7.83. The van der Waals surface area contributed by atoms with E-state index in [2.05, 4.69) is 10.1 Å². The minimum atomic E-state index is -3.61. The lowest BCUT2D eigenvalue weighted by atomic mass is 10.1. The molecule has 2 aromatic carbocycles. The Balaban J connectivity index is 1.37. The molecule has 170 valence electrons. The first-order chi connectivity index (χ1) is 15.3. The highest BCUT2D eigenvalue weighted by atomic mass is 35.5. The lowest BCUT2D eigenvalue weighted by Gasteiger charge is -2.34. The predicted octanol–water partition coefficient (Wildman–Crippen LogP) is 4.00. The topological polar surface area (TPSA) is 75.9 Å². The summed E-state index contributed by atoms with van der Waals surface area (Å²) in [7, 11) is -3.61. The van der Waals surface area contributed by atoms with Crippen LogP contribution < -0.4 is 4.74 Å². The van der Waals surface area contributed by atoms with Crippen LogP contribution in [-0.2, 0) is 10.0 Å². The van der Waals surface area contributed by atoms with Gasteiger partial charge in [0.15, 0.2) is 5.76 Å². The molecule has 1 aliphatic rings. The summed E-state index contributed by atoms with van der Waals surface area (Å²) in [6.07, 6.45) is 0. The molecule has 0 radical (unpaired) electrons. The van der Waals surface area contributed by atoms with Crippen molar-refractivity contribution in [3.63, 3.8) is 0 Å². The molecule has 32 heavy (non-hydrogen) atoms. The minimum absolute atomic E-state index is 0.309. The van der Waals surface area contributed by atoms with E-state index in [1.165, 1.54) is 0 Å². The van der Waals surface area contributed by atoms with E-state index in [0.29, 0.717) is 59.6 Å². The number of hydrogen-bond donors (Lipinski definition) is 0. The van der Waals surface area contributed by atoms with Gasteiger partial charge in [0.1, 0.15) is 12.4 Å². The van der Waals surface area contributed by atoms with Crippen molar-refractivity contribution in [3.8, 4) is 17.1 Å². The summed E-state index contributed by atoms with van der Waals surface area (Å²) in [4.78, 5) is 2.52. The van der Waals surface area contributed by atoms with Crippen LogP contribution in [0.3, 0.4) is 0 Å². The van der Waals surface area contributed by atoms with Crippen molar-refractivity contribution in [1.29, 1.82) is 0 Å². The molecule has 3 aromatic rings. The van der Waals surface area contributed by atoms with Crippen LogP contribution in [-0.4, -0.2) is 62.1 Å². The molecule has 0 spiro atoms. The van der Waals surface area contributed by atoms with Gasteiger partial charge in [0.2, 0.25) is 10.0 Å². The van der Waals surface area contributed by atoms with E-state index in [-0.39, 0.29) is 0 Å². The molecule has 0 unspecified atom stereocenters. The Labute approximate surface area is 193 Å². The molecule has 1 aliphatic heterocycles. The first-order valence-electron chi connectivity index (χ1n) is 10.5. The zero-order valence-electron chi connectivity index (χ0n) is 18.1. The Kier molecular flexibility index (Phi) is 6.85. The maximum Gasteiger partial charge on any atom is 0.243 e. The van der Waals surface area contributed by atoms with E-state index < -0.39 is 10.0 Å². The zero-order chi connectivity index (χ0) is 22.7. The standard InChI is InChI=1S/C23H26ClN3O4S/c1-17-3-4-19(22-15-18(2)25-31-22)16-23(17)32(28,29)27-11-9-26(10-12-27)13-14-30-21-7-5-20(24)6-8-21/h3-8,15-16H,9-14H2,1-2H3. The molecule has 0 bridgehead atoms. The summed E-state index contributed by atoms with van der Waals surface area (Å²) in [6, 6.07) is 14.4. The summed E-state index contributed by atoms with van der Waals surface area (Å²) in [6.45, 7) is 7.10. The van der Waals surface area contributed by atoms with Crippen molar-refractivity contribution in [3.05, 3.63) is 64.8 Å². The van der Waals surface area contributed by atoms with Gasteiger partial charge in [-0.2, -0.15) is 4.31 Å². The van der Waals surface area contributed by atoms with Gasteiger partial charge < -0.3 is 9.26 Å². The van der Waals surface area contributed by atoms with Crippen LogP contribution in [0.4, 0.5) is 0 Å². The van der Waals surface area contributed by atoms with Crippen LogP contribution in [0, 0.1) is 13.8 Å². The third kappa shape index (κ3) is 5.15. The summed E-state index contributed by atoms with van der Waals surface area (Å²) in [5, 5.41) is 4.57. The molecule has 0 saturated carbocycles. The SMILES string of the molecule is Cc1cc(-c2ccc(C)c(S(=O)(=O)N3CCN(CCOc4ccc(Cl)cc4)CC3)c2)on1. The quantitative estimate of drug-likeness (QED) is 0.514. The van der Waals surface area contributed by atoms with E-state index in [0.717, 1.165) is 18.0 Å². The molecule has 0 amide bonds. The Bertz CT molecular complexity index is 1170. The number of rotatable bonds is 7. The largest absolute Gasteiger partial charge is 0.492 e. The molecule has 1 saturated heterocycles. The second-order valence-corrected chi connectivity index (χ2v) is 10.2. The highest BCUT2D eigenvalue weighted by Gasteiger charge is 2.30. The van der Waals surface area contributed by atoms with E-state index in [1.807, 2.05) is 38.1 Å².